The zero-order valence-corrected chi connectivity index (χ0v) is 13.7. The van der Waals surface area contributed by atoms with Gasteiger partial charge in [0.05, 0.1) is 16.1 Å². The predicted octanol–water partition coefficient (Wildman–Crippen LogP) is 3.88. The van der Waals surface area contributed by atoms with Crippen LogP contribution in [0.25, 0.3) is 0 Å². The number of hydrogen-bond donors (Lipinski definition) is 2. The van der Waals surface area contributed by atoms with Gasteiger partial charge in [0.15, 0.2) is 0 Å². The van der Waals surface area contributed by atoms with E-state index in [-0.39, 0.29) is 12.1 Å². The van der Waals surface area contributed by atoms with Gasteiger partial charge in [-0.2, -0.15) is 11.8 Å². The van der Waals surface area contributed by atoms with E-state index in [0.717, 1.165) is 12.2 Å². The topological polar surface area (TPSA) is 50.4 Å². The molecule has 7 heteroatoms. The van der Waals surface area contributed by atoms with Crippen LogP contribution in [0.1, 0.15) is 6.42 Å². The molecule has 112 valence electrons. The summed E-state index contributed by atoms with van der Waals surface area (Å²) >= 11 is 13.4. The molecule has 0 saturated carbocycles. The highest BCUT2D eigenvalue weighted by molar-refractivity contribution is 7.98. The highest BCUT2D eigenvalue weighted by Gasteiger charge is 2.09. The summed E-state index contributed by atoms with van der Waals surface area (Å²) in [5.74, 6) is 0.995. The van der Waals surface area contributed by atoms with Crippen LogP contribution >= 0.6 is 35.0 Å². The standard InChI is InChI=1S/C13H18Cl2N2O2S/c1-19-10(5-6-20-2)8-16-13(18)17-9-3-4-11(14)12(15)7-9/h3-4,7,10H,5-6,8H2,1-2H3,(H2,16,17,18). The number of hydrogen-bond acceptors (Lipinski definition) is 3. The van der Waals surface area contributed by atoms with Gasteiger partial charge in [-0.3, -0.25) is 0 Å². The summed E-state index contributed by atoms with van der Waals surface area (Å²) in [6.07, 6.45) is 2.95. The summed E-state index contributed by atoms with van der Waals surface area (Å²) in [6, 6.07) is 4.63. The predicted molar refractivity (Wildman–Crippen MR) is 87.3 cm³/mol. The largest absolute Gasteiger partial charge is 0.380 e. The monoisotopic (exact) mass is 336 g/mol. The lowest BCUT2D eigenvalue weighted by atomic mass is 10.3. The Morgan fingerprint density at radius 3 is 2.75 bits per heavy atom. The molecule has 1 aromatic carbocycles. The lowest BCUT2D eigenvalue weighted by molar-refractivity contribution is 0.102. The van der Waals surface area contributed by atoms with Crippen LogP contribution in [0, 0.1) is 0 Å². The third-order valence-corrected chi connectivity index (χ3v) is 4.03. The lowest BCUT2D eigenvalue weighted by Crippen LogP contribution is -2.36. The van der Waals surface area contributed by atoms with Crippen molar-refractivity contribution >= 4 is 46.7 Å². The average molecular weight is 337 g/mol. The summed E-state index contributed by atoms with van der Waals surface area (Å²) in [6.45, 7) is 0.463. The van der Waals surface area contributed by atoms with E-state index in [1.165, 1.54) is 0 Å². The van der Waals surface area contributed by atoms with Crippen LogP contribution < -0.4 is 10.6 Å². The SMILES string of the molecule is COC(CCSC)CNC(=O)Nc1ccc(Cl)c(Cl)c1. The Kier molecular flexibility index (Phi) is 8.14. The van der Waals surface area contributed by atoms with Crippen LogP contribution in [0.5, 0.6) is 0 Å². The molecule has 0 fully saturated rings. The van der Waals surface area contributed by atoms with Crippen molar-refractivity contribution in [3.05, 3.63) is 28.2 Å². The molecule has 20 heavy (non-hydrogen) atoms. The fourth-order valence-electron chi connectivity index (χ4n) is 1.51. The number of rotatable bonds is 7. The van der Waals surface area contributed by atoms with Crippen molar-refractivity contribution in [3.8, 4) is 0 Å². The van der Waals surface area contributed by atoms with Crippen molar-refractivity contribution in [2.24, 2.45) is 0 Å². The Balaban J connectivity index is 2.40. The van der Waals surface area contributed by atoms with Gasteiger partial charge in [0.1, 0.15) is 0 Å². The maximum absolute atomic E-state index is 11.7. The lowest BCUT2D eigenvalue weighted by Gasteiger charge is -2.16. The number of methoxy groups -OCH3 is 1. The molecule has 0 aliphatic carbocycles. The number of thioether (sulfide) groups is 1. The number of urea groups is 1. The maximum Gasteiger partial charge on any atom is 0.319 e. The number of amides is 2. The van der Waals surface area contributed by atoms with Crippen molar-refractivity contribution in [1.29, 1.82) is 0 Å². The van der Waals surface area contributed by atoms with Crippen LogP contribution in [-0.2, 0) is 4.74 Å². The molecular weight excluding hydrogens is 319 g/mol. The molecule has 0 bridgehead atoms. The maximum atomic E-state index is 11.7. The number of ether oxygens (including phenoxy) is 1. The van der Waals surface area contributed by atoms with E-state index in [2.05, 4.69) is 10.6 Å². The van der Waals surface area contributed by atoms with Crippen molar-refractivity contribution < 1.29 is 9.53 Å². The van der Waals surface area contributed by atoms with E-state index in [0.29, 0.717) is 22.3 Å². The number of anilines is 1. The first-order chi connectivity index (χ1) is 9.56. The Labute approximate surface area is 133 Å². The van der Waals surface area contributed by atoms with Gasteiger partial charge in [0.2, 0.25) is 0 Å². The summed E-state index contributed by atoms with van der Waals surface area (Å²) < 4.78 is 5.29. The molecule has 0 aromatic heterocycles. The van der Waals surface area contributed by atoms with E-state index in [1.807, 2.05) is 6.26 Å². The molecule has 1 aromatic rings. The van der Waals surface area contributed by atoms with Gasteiger partial charge in [0, 0.05) is 19.3 Å². The fraction of sp³-hybridized carbons (Fsp3) is 0.462. The second kappa shape index (κ2) is 9.34. The van der Waals surface area contributed by atoms with Crippen molar-refractivity contribution in [1.82, 2.24) is 5.32 Å². The van der Waals surface area contributed by atoms with E-state index >= 15 is 0 Å². The molecule has 2 N–H and O–H groups in total. The summed E-state index contributed by atoms with van der Waals surface area (Å²) in [4.78, 5) is 11.7. The molecule has 1 rings (SSSR count). The molecule has 0 radical (unpaired) electrons. The van der Waals surface area contributed by atoms with Crippen molar-refractivity contribution in [2.75, 3.05) is 31.0 Å². The third-order valence-electron chi connectivity index (χ3n) is 2.65. The molecule has 0 aliphatic heterocycles. The van der Waals surface area contributed by atoms with Crippen LogP contribution in [-0.4, -0.2) is 37.8 Å². The van der Waals surface area contributed by atoms with E-state index in [9.17, 15) is 4.79 Å². The zero-order valence-electron chi connectivity index (χ0n) is 11.4. The zero-order chi connectivity index (χ0) is 15.0. The first-order valence-corrected chi connectivity index (χ1v) is 8.23. The van der Waals surface area contributed by atoms with Gasteiger partial charge in [0.25, 0.3) is 0 Å². The molecular formula is C13H18Cl2N2O2S. The number of carbonyl (C=O) groups is 1. The molecule has 4 nitrogen and oxygen atoms in total. The second-order valence-corrected chi connectivity index (χ2v) is 5.90. The fourth-order valence-corrected chi connectivity index (χ4v) is 2.30. The van der Waals surface area contributed by atoms with E-state index < -0.39 is 0 Å². The minimum absolute atomic E-state index is 0.0157. The Bertz CT molecular complexity index is 446. The molecule has 0 saturated heterocycles. The van der Waals surface area contributed by atoms with Crippen LogP contribution in [0.3, 0.4) is 0 Å². The summed E-state index contributed by atoms with van der Waals surface area (Å²) in [5, 5.41) is 6.31. The normalized spacial score (nSPS) is 12.0. The van der Waals surface area contributed by atoms with Gasteiger partial charge in [-0.1, -0.05) is 23.2 Å². The van der Waals surface area contributed by atoms with E-state index in [1.54, 1.807) is 37.1 Å². The molecule has 0 heterocycles. The minimum atomic E-state index is -0.297. The highest BCUT2D eigenvalue weighted by atomic mass is 35.5. The third kappa shape index (κ3) is 6.22. The van der Waals surface area contributed by atoms with Crippen LogP contribution in [0.15, 0.2) is 18.2 Å². The summed E-state index contributed by atoms with van der Waals surface area (Å²) in [5.41, 5.74) is 0.593. The molecule has 1 atom stereocenters. The number of nitrogens with one attached hydrogen (secondary N) is 2. The van der Waals surface area contributed by atoms with Gasteiger partial charge in [-0.05, 0) is 36.6 Å². The average Bonchev–Trinajstić information content (AvgIpc) is 2.43. The molecule has 0 spiro atoms. The Hall–Kier alpha value is -0.620. The van der Waals surface area contributed by atoms with Crippen LogP contribution in [0.4, 0.5) is 10.5 Å². The van der Waals surface area contributed by atoms with Gasteiger partial charge < -0.3 is 15.4 Å². The summed E-state index contributed by atoms with van der Waals surface area (Å²) in [7, 11) is 1.64. The highest BCUT2D eigenvalue weighted by Crippen LogP contribution is 2.24. The van der Waals surface area contributed by atoms with Gasteiger partial charge in [-0.25, -0.2) is 4.79 Å². The number of carbonyl (C=O) groups excluding carboxylic acids is 1. The Morgan fingerprint density at radius 1 is 1.40 bits per heavy atom. The second-order valence-electron chi connectivity index (χ2n) is 4.10. The molecule has 1 unspecified atom stereocenters. The molecule has 2 amide bonds. The van der Waals surface area contributed by atoms with Crippen molar-refractivity contribution in [2.45, 2.75) is 12.5 Å². The first kappa shape index (κ1) is 17.4. The number of benzene rings is 1. The minimum Gasteiger partial charge on any atom is -0.380 e. The van der Waals surface area contributed by atoms with Gasteiger partial charge >= 0.3 is 6.03 Å². The smallest absolute Gasteiger partial charge is 0.319 e. The van der Waals surface area contributed by atoms with Crippen molar-refractivity contribution in [3.63, 3.8) is 0 Å². The van der Waals surface area contributed by atoms with Gasteiger partial charge in [-0.15, -0.1) is 0 Å². The quantitative estimate of drug-likeness (QED) is 0.794. The first-order valence-electron chi connectivity index (χ1n) is 6.08. The number of halogens is 2. The van der Waals surface area contributed by atoms with Crippen LogP contribution in [0.2, 0.25) is 10.0 Å². The molecule has 0 aliphatic rings. The van der Waals surface area contributed by atoms with E-state index in [4.69, 9.17) is 27.9 Å². The Morgan fingerprint density at radius 2 is 2.15 bits per heavy atom.